The van der Waals surface area contributed by atoms with Crippen molar-refractivity contribution in [2.45, 2.75) is 25.4 Å². The minimum atomic E-state index is 0.0748. The molecule has 0 saturated carbocycles. The first-order chi connectivity index (χ1) is 14.7. The highest BCUT2D eigenvalue weighted by Gasteiger charge is 2.30. The number of nitrogens with zero attached hydrogens (tertiary/aromatic N) is 4. The van der Waals surface area contributed by atoms with Crippen LogP contribution in [0.5, 0.6) is 0 Å². The van der Waals surface area contributed by atoms with Crippen LogP contribution in [0.15, 0.2) is 54.7 Å². The van der Waals surface area contributed by atoms with Crippen LogP contribution in [0, 0.1) is 0 Å². The van der Waals surface area contributed by atoms with Crippen LogP contribution in [0.1, 0.15) is 29.2 Å². The number of anilines is 3. The van der Waals surface area contributed by atoms with E-state index in [-0.39, 0.29) is 6.04 Å². The highest BCUT2D eigenvalue weighted by atomic mass is 35.5. The fourth-order valence-electron chi connectivity index (χ4n) is 4.13. The maximum atomic E-state index is 6.46. The summed E-state index contributed by atoms with van der Waals surface area (Å²) in [6, 6.07) is 16.8. The van der Waals surface area contributed by atoms with Gasteiger partial charge in [-0.3, -0.25) is 4.84 Å². The molecule has 6 nitrogen and oxygen atoms in total. The summed E-state index contributed by atoms with van der Waals surface area (Å²) in [7, 11) is 2.15. The molecule has 5 rings (SSSR count). The Labute approximate surface area is 181 Å². The van der Waals surface area contributed by atoms with Gasteiger partial charge in [-0.2, -0.15) is 4.98 Å². The quantitative estimate of drug-likeness (QED) is 0.656. The molecule has 30 heavy (non-hydrogen) atoms. The van der Waals surface area contributed by atoms with Crippen molar-refractivity contribution in [1.29, 1.82) is 0 Å². The fraction of sp³-hybridized carbons (Fsp3) is 0.304. The highest BCUT2D eigenvalue weighted by molar-refractivity contribution is 6.32. The molecule has 2 aliphatic heterocycles. The summed E-state index contributed by atoms with van der Waals surface area (Å²) in [6.45, 7) is 2.68. The third kappa shape index (κ3) is 3.86. The van der Waals surface area contributed by atoms with Gasteiger partial charge in [-0.1, -0.05) is 48.0 Å². The third-order valence-electron chi connectivity index (χ3n) is 5.69. The standard InChI is InChI=1S/C23H24ClN5O/c1-28-11-9-16-7-8-19(13-18(16)15-28)26-23-25-14-20(24)22(27-23)29-21(10-12-30-29)17-5-3-2-4-6-17/h2-8,13-14,21H,9-12,15H2,1H3,(H,25,26,27)/t21-/m0/s1. The van der Waals surface area contributed by atoms with Crippen molar-refractivity contribution in [2.24, 2.45) is 0 Å². The van der Waals surface area contributed by atoms with Gasteiger partial charge in [0, 0.05) is 25.2 Å². The molecule has 0 unspecified atom stereocenters. The molecule has 7 heteroatoms. The molecule has 0 amide bonds. The Hall–Kier alpha value is -2.67. The summed E-state index contributed by atoms with van der Waals surface area (Å²) in [5.74, 6) is 1.08. The van der Waals surface area contributed by atoms with Crippen LogP contribution in [-0.4, -0.2) is 35.1 Å². The van der Waals surface area contributed by atoms with Crippen molar-refractivity contribution in [3.8, 4) is 0 Å². The summed E-state index contributed by atoms with van der Waals surface area (Å²) >= 11 is 6.46. The van der Waals surface area contributed by atoms with E-state index in [0.717, 1.165) is 31.6 Å². The minimum absolute atomic E-state index is 0.0748. The SMILES string of the molecule is CN1CCc2ccc(Nc3ncc(Cl)c(N4OCC[C@H]4c4ccccc4)n3)cc2C1. The minimum Gasteiger partial charge on any atom is -0.324 e. The number of benzene rings is 2. The van der Waals surface area contributed by atoms with Crippen LogP contribution in [0.3, 0.4) is 0 Å². The molecule has 0 aliphatic carbocycles. The molecule has 2 aliphatic rings. The summed E-state index contributed by atoms with van der Waals surface area (Å²) in [6.07, 6.45) is 3.59. The van der Waals surface area contributed by atoms with Gasteiger partial charge in [-0.15, -0.1) is 0 Å². The zero-order chi connectivity index (χ0) is 20.5. The molecular formula is C23H24ClN5O. The molecule has 3 heterocycles. The smallest absolute Gasteiger partial charge is 0.229 e. The van der Waals surface area contributed by atoms with Crippen LogP contribution < -0.4 is 10.4 Å². The van der Waals surface area contributed by atoms with Gasteiger partial charge in [0.15, 0.2) is 5.82 Å². The molecule has 1 N–H and O–H groups in total. The molecule has 1 saturated heterocycles. The Kier molecular flexibility index (Phi) is 5.29. The molecule has 1 atom stereocenters. The molecule has 3 aromatic rings. The molecule has 0 radical (unpaired) electrons. The summed E-state index contributed by atoms with van der Waals surface area (Å²) < 4.78 is 0. The summed E-state index contributed by atoms with van der Waals surface area (Å²) in [4.78, 5) is 17.3. The van der Waals surface area contributed by atoms with Crippen molar-refractivity contribution in [1.82, 2.24) is 14.9 Å². The number of hydrogen-bond acceptors (Lipinski definition) is 6. The van der Waals surface area contributed by atoms with Crippen LogP contribution in [0.4, 0.5) is 17.5 Å². The second kappa shape index (κ2) is 8.22. The lowest BCUT2D eigenvalue weighted by Gasteiger charge is -2.26. The zero-order valence-corrected chi connectivity index (χ0v) is 17.6. The van der Waals surface area contributed by atoms with Gasteiger partial charge in [0.1, 0.15) is 5.02 Å². The number of hydrogen-bond donors (Lipinski definition) is 1. The van der Waals surface area contributed by atoms with Gasteiger partial charge < -0.3 is 10.2 Å². The van der Waals surface area contributed by atoms with Crippen LogP contribution in [0.2, 0.25) is 5.02 Å². The summed E-state index contributed by atoms with van der Waals surface area (Å²) in [5, 5.41) is 5.61. The van der Waals surface area contributed by atoms with E-state index in [0.29, 0.717) is 23.4 Å². The Morgan fingerprint density at radius 3 is 2.87 bits per heavy atom. The molecule has 0 bridgehead atoms. The van der Waals surface area contributed by atoms with E-state index in [9.17, 15) is 0 Å². The Morgan fingerprint density at radius 2 is 2.00 bits per heavy atom. The van der Waals surface area contributed by atoms with Crippen molar-refractivity contribution in [3.05, 3.63) is 76.4 Å². The molecule has 1 fully saturated rings. The average Bonchev–Trinajstić information content (AvgIpc) is 3.25. The first-order valence-electron chi connectivity index (χ1n) is 10.2. The van der Waals surface area contributed by atoms with E-state index >= 15 is 0 Å². The van der Waals surface area contributed by atoms with E-state index in [4.69, 9.17) is 16.4 Å². The first kappa shape index (κ1) is 19.3. The Balaban J connectivity index is 1.41. The van der Waals surface area contributed by atoms with Crippen molar-refractivity contribution in [3.63, 3.8) is 0 Å². The maximum absolute atomic E-state index is 6.46. The van der Waals surface area contributed by atoms with Crippen molar-refractivity contribution < 1.29 is 4.84 Å². The predicted octanol–water partition coefficient (Wildman–Crippen LogP) is 4.74. The zero-order valence-electron chi connectivity index (χ0n) is 16.9. The monoisotopic (exact) mass is 421 g/mol. The molecule has 1 aromatic heterocycles. The van der Waals surface area contributed by atoms with Gasteiger partial charge in [-0.25, -0.2) is 10.0 Å². The normalized spacial score (nSPS) is 19.0. The van der Waals surface area contributed by atoms with Gasteiger partial charge >= 0.3 is 0 Å². The summed E-state index contributed by atoms with van der Waals surface area (Å²) in [5.41, 5.74) is 4.90. The molecular weight excluding hydrogens is 398 g/mol. The second-order valence-electron chi connectivity index (χ2n) is 7.84. The second-order valence-corrected chi connectivity index (χ2v) is 8.24. The van der Waals surface area contributed by atoms with Gasteiger partial charge in [0.05, 0.1) is 18.8 Å². The number of aromatic nitrogens is 2. The van der Waals surface area contributed by atoms with Crippen LogP contribution in [-0.2, 0) is 17.8 Å². The molecule has 2 aromatic carbocycles. The number of nitrogens with one attached hydrogen (secondary N) is 1. The first-order valence-corrected chi connectivity index (χ1v) is 10.6. The molecule has 154 valence electrons. The van der Waals surface area contributed by atoms with E-state index in [1.165, 1.54) is 16.7 Å². The van der Waals surface area contributed by atoms with E-state index < -0.39 is 0 Å². The van der Waals surface area contributed by atoms with Crippen molar-refractivity contribution in [2.75, 3.05) is 30.6 Å². The maximum Gasteiger partial charge on any atom is 0.229 e. The van der Waals surface area contributed by atoms with E-state index in [1.54, 1.807) is 6.20 Å². The molecule has 0 spiro atoms. The largest absolute Gasteiger partial charge is 0.324 e. The van der Waals surface area contributed by atoms with Gasteiger partial charge in [0.2, 0.25) is 5.95 Å². The number of likely N-dealkylation sites (N-methyl/N-ethyl adjacent to an activating group) is 1. The third-order valence-corrected chi connectivity index (χ3v) is 5.96. The fourth-order valence-corrected chi connectivity index (χ4v) is 4.31. The number of fused-ring (bicyclic) bond motifs is 1. The lowest BCUT2D eigenvalue weighted by molar-refractivity contribution is 0.157. The number of rotatable bonds is 4. The van der Waals surface area contributed by atoms with Gasteiger partial charge in [-0.05, 0) is 42.3 Å². The number of halogens is 1. The topological polar surface area (TPSA) is 53.5 Å². The Morgan fingerprint density at radius 1 is 1.13 bits per heavy atom. The number of hydroxylamine groups is 1. The van der Waals surface area contributed by atoms with Crippen LogP contribution in [0.25, 0.3) is 0 Å². The van der Waals surface area contributed by atoms with E-state index in [2.05, 4.69) is 57.6 Å². The average molecular weight is 422 g/mol. The lowest BCUT2D eigenvalue weighted by Crippen LogP contribution is -2.26. The predicted molar refractivity (Wildman–Crippen MR) is 119 cm³/mol. The highest BCUT2D eigenvalue weighted by Crippen LogP contribution is 2.37. The van der Waals surface area contributed by atoms with E-state index in [1.807, 2.05) is 23.3 Å². The van der Waals surface area contributed by atoms with Crippen LogP contribution >= 0.6 is 11.6 Å². The van der Waals surface area contributed by atoms with Gasteiger partial charge in [0.25, 0.3) is 0 Å². The lowest BCUT2D eigenvalue weighted by atomic mass is 9.99. The van der Waals surface area contributed by atoms with Crippen molar-refractivity contribution >= 4 is 29.1 Å². The Bertz CT molecular complexity index is 1050.